The molecule has 0 N–H and O–H groups in total. The molecule has 1 aliphatic rings. The van der Waals surface area contributed by atoms with E-state index in [0.717, 1.165) is 0 Å². The van der Waals surface area contributed by atoms with Gasteiger partial charge in [-0.3, -0.25) is 0 Å². The van der Waals surface area contributed by atoms with Crippen molar-refractivity contribution in [2.45, 2.75) is 19.1 Å². The van der Waals surface area contributed by atoms with Gasteiger partial charge >= 0.3 is 0 Å². The molecule has 0 aromatic carbocycles. The molecule has 0 amide bonds. The van der Waals surface area contributed by atoms with Crippen molar-refractivity contribution in [1.82, 2.24) is 0 Å². The van der Waals surface area contributed by atoms with Gasteiger partial charge in [0.1, 0.15) is 0 Å². The van der Waals surface area contributed by atoms with Crippen LogP contribution in [0.5, 0.6) is 0 Å². The molecule has 4 rings (SSSR count). The van der Waals surface area contributed by atoms with Gasteiger partial charge in [-0.25, -0.2) is 0 Å². The van der Waals surface area contributed by atoms with Gasteiger partial charge in [0.25, 0.3) is 0 Å². The van der Waals surface area contributed by atoms with Crippen LogP contribution >= 0.6 is 57.5 Å². The zero-order valence-electron chi connectivity index (χ0n) is 15.5. The fourth-order valence-electron chi connectivity index (χ4n) is 2.58. The molecule has 0 aliphatic carbocycles. The lowest BCUT2D eigenvalue weighted by Crippen LogP contribution is -1.78. The number of thiophene rings is 3. The molecule has 28 heavy (non-hydrogen) atoms. The Labute approximate surface area is 186 Å². The Morgan fingerprint density at radius 1 is 0.893 bits per heavy atom. The van der Waals surface area contributed by atoms with Gasteiger partial charge in [0.05, 0.1) is 14.7 Å². The number of allylic oxidation sites excluding steroid dienone is 3. The summed E-state index contributed by atoms with van der Waals surface area (Å²) in [7, 11) is 0. The lowest BCUT2D eigenvalue weighted by molar-refractivity contribution is 1.15. The number of hydrogen-bond acceptors (Lipinski definition) is 5. The van der Waals surface area contributed by atoms with Crippen LogP contribution in [0.4, 0.5) is 0 Å². The highest BCUT2D eigenvalue weighted by molar-refractivity contribution is 8.17. The van der Waals surface area contributed by atoms with Crippen molar-refractivity contribution in [2.24, 2.45) is 0 Å². The Balaban J connectivity index is 1.47. The van der Waals surface area contributed by atoms with Crippen LogP contribution in [-0.4, -0.2) is 0 Å². The van der Waals surface area contributed by atoms with Gasteiger partial charge in [-0.15, -0.1) is 45.8 Å². The van der Waals surface area contributed by atoms with E-state index in [0.29, 0.717) is 5.25 Å². The summed E-state index contributed by atoms with van der Waals surface area (Å²) in [6.45, 7) is 4.30. The van der Waals surface area contributed by atoms with Crippen molar-refractivity contribution in [2.75, 3.05) is 0 Å². The molecule has 0 bridgehead atoms. The van der Waals surface area contributed by atoms with E-state index in [1.807, 2.05) is 47.4 Å². The third-order valence-electron chi connectivity index (χ3n) is 4.00. The first kappa shape index (κ1) is 19.9. The van der Waals surface area contributed by atoms with Crippen molar-refractivity contribution < 1.29 is 0 Å². The molecule has 3 aromatic rings. The van der Waals surface area contributed by atoms with E-state index < -0.39 is 0 Å². The molecule has 1 aliphatic heterocycles. The maximum atomic E-state index is 3.33. The highest BCUT2D eigenvalue weighted by atomic mass is 32.2. The molecule has 3 aromatic heterocycles. The second kappa shape index (κ2) is 9.39. The monoisotopic (exact) mass is 454 g/mol. The Morgan fingerprint density at radius 2 is 1.64 bits per heavy atom. The summed E-state index contributed by atoms with van der Waals surface area (Å²) in [5, 5.41) is 4.74. The minimum Gasteiger partial charge on any atom is -0.143 e. The second-order valence-electron chi connectivity index (χ2n) is 5.99. The fourth-order valence-corrected chi connectivity index (χ4v) is 7.34. The van der Waals surface area contributed by atoms with Gasteiger partial charge in [0.2, 0.25) is 0 Å². The highest BCUT2D eigenvalue weighted by Gasteiger charge is 2.16. The van der Waals surface area contributed by atoms with E-state index >= 15 is 0 Å². The average molecular weight is 455 g/mol. The molecule has 1 atom stereocenters. The zero-order valence-corrected chi connectivity index (χ0v) is 19.6. The summed E-state index contributed by atoms with van der Waals surface area (Å²) >= 11 is 9.12. The lowest BCUT2D eigenvalue weighted by atomic mass is 10.3. The Hall–Kier alpha value is -1.42. The van der Waals surface area contributed by atoms with Crippen LogP contribution in [0.3, 0.4) is 0 Å². The van der Waals surface area contributed by atoms with Crippen LogP contribution in [0.25, 0.3) is 19.6 Å². The molecule has 0 spiro atoms. The minimum atomic E-state index is 0.466. The molecule has 0 saturated heterocycles. The quantitative estimate of drug-likeness (QED) is 0.258. The smallest absolute Gasteiger partial charge is 0.0804 e. The molecular weight excluding hydrogens is 437 g/mol. The van der Waals surface area contributed by atoms with E-state index in [1.165, 1.54) is 34.2 Å². The Morgan fingerprint density at radius 3 is 2.43 bits per heavy atom. The van der Waals surface area contributed by atoms with Crippen LogP contribution in [0.15, 0.2) is 76.9 Å². The van der Waals surface area contributed by atoms with Crippen LogP contribution in [-0.2, 0) is 0 Å². The third-order valence-corrected chi connectivity index (χ3v) is 9.89. The topological polar surface area (TPSA) is 0 Å². The molecule has 0 nitrogen and oxygen atoms in total. The minimum absolute atomic E-state index is 0.466. The standard InChI is InChI=1S/C23H18S5/c1-3-4-5-14-24-16(2)17-8-9-20(26-17)21-12-13-23(28-21)22-11-10-19(27-22)18-7-6-15-25-18/h3-9,12-16H,1-2H3/b4-3-,14-5-. The SMILES string of the molecule is C/C=C\C=C/SC(C)c1ccc(-c2ccc(C3=C=C=C(c4cccs4)S3)s2)s1. The van der Waals surface area contributed by atoms with E-state index in [4.69, 9.17) is 0 Å². The first-order chi connectivity index (χ1) is 13.7. The highest BCUT2D eigenvalue weighted by Crippen LogP contribution is 2.46. The average Bonchev–Trinajstić information content (AvgIpc) is 3.49. The van der Waals surface area contributed by atoms with Crippen molar-refractivity contribution in [1.29, 1.82) is 0 Å². The van der Waals surface area contributed by atoms with Crippen LogP contribution in [0.2, 0.25) is 0 Å². The van der Waals surface area contributed by atoms with Gasteiger partial charge in [-0.1, -0.05) is 47.5 Å². The summed E-state index contributed by atoms with van der Waals surface area (Å²) in [6.07, 6.45) is 6.21. The van der Waals surface area contributed by atoms with E-state index in [-0.39, 0.29) is 0 Å². The third kappa shape index (κ3) is 4.59. The number of hydrogen-bond donors (Lipinski definition) is 0. The van der Waals surface area contributed by atoms with Gasteiger partial charge in [0.15, 0.2) is 0 Å². The second-order valence-corrected chi connectivity index (χ2v) is 11.4. The predicted molar refractivity (Wildman–Crippen MR) is 133 cm³/mol. The zero-order chi connectivity index (χ0) is 19.3. The summed E-state index contributed by atoms with van der Waals surface area (Å²) in [5.74, 6) is 0. The van der Waals surface area contributed by atoms with Crippen LogP contribution < -0.4 is 0 Å². The predicted octanol–water partition coefficient (Wildman–Crippen LogP) is 9.30. The molecule has 5 heteroatoms. The first-order valence-electron chi connectivity index (χ1n) is 8.86. The Bertz CT molecular complexity index is 1110. The molecule has 0 fully saturated rings. The largest absolute Gasteiger partial charge is 0.143 e. The molecule has 0 radical (unpaired) electrons. The first-order valence-corrected chi connectivity index (χ1v) is 13.1. The number of rotatable bonds is 7. The normalized spacial score (nSPS) is 14.9. The molecule has 1 unspecified atom stereocenters. The van der Waals surface area contributed by atoms with Crippen LogP contribution in [0.1, 0.15) is 33.7 Å². The van der Waals surface area contributed by atoms with Gasteiger partial charge in [-0.05, 0) is 55.0 Å². The van der Waals surface area contributed by atoms with Crippen molar-refractivity contribution in [3.8, 4) is 9.75 Å². The van der Waals surface area contributed by atoms with E-state index in [1.54, 1.807) is 23.1 Å². The summed E-state index contributed by atoms with van der Waals surface area (Å²) < 4.78 is 0. The maximum absolute atomic E-state index is 3.33. The number of thioether (sulfide) groups is 2. The molecule has 0 saturated carbocycles. The van der Waals surface area contributed by atoms with Crippen molar-refractivity contribution in [3.05, 3.63) is 91.5 Å². The van der Waals surface area contributed by atoms with Gasteiger partial charge in [-0.2, -0.15) is 0 Å². The van der Waals surface area contributed by atoms with Gasteiger partial charge < -0.3 is 0 Å². The summed E-state index contributed by atoms with van der Waals surface area (Å²) in [5.41, 5.74) is 6.63. The molecule has 140 valence electrons. The fraction of sp³-hybridized carbons (Fsp3) is 0.130. The molecular formula is C23H18S5. The Kier molecular flexibility index (Phi) is 6.66. The summed E-state index contributed by atoms with van der Waals surface area (Å²) in [4.78, 5) is 8.97. The molecule has 4 heterocycles. The van der Waals surface area contributed by atoms with Crippen molar-refractivity contribution >= 4 is 67.3 Å². The van der Waals surface area contributed by atoms with Crippen molar-refractivity contribution in [3.63, 3.8) is 0 Å². The van der Waals surface area contributed by atoms with Crippen LogP contribution in [0, 0.1) is 0 Å². The maximum Gasteiger partial charge on any atom is 0.0804 e. The summed E-state index contributed by atoms with van der Waals surface area (Å²) in [6, 6.07) is 13.2. The van der Waals surface area contributed by atoms with E-state index in [2.05, 4.69) is 77.7 Å². The lowest BCUT2D eigenvalue weighted by Gasteiger charge is -2.04. The van der Waals surface area contributed by atoms with E-state index in [9.17, 15) is 0 Å². The van der Waals surface area contributed by atoms with Gasteiger partial charge in [0, 0.05) is 24.8 Å².